The average Bonchev–Trinajstić information content (AvgIpc) is 3.14. The minimum atomic E-state index is 0.639. The smallest absolute Gasteiger partial charge is 0.0246 e. The largest absolute Gasteiger partial charge is 0.329 e. The highest BCUT2D eigenvalue weighted by atomic mass is 15.2. The van der Waals surface area contributed by atoms with Crippen molar-refractivity contribution < 1.29 is 0 Å². The molecule has 0 saturated heterocycles. The summed E-state index contributed by atoms with van der Waals surface area (Å²) >= 11 is 0. The van der Waals surface area contributed by atoms with E-state index in [-0.39, 0.29) is 0 Å². The third-order valence-corrected chi connectivity index (χ3v) is 4.35. The Morgan fingerprint density at radius 2 is 1.82 bits per heavy atom. The summed E-state index contributed by atoms with van der Waals surface area (Å²) in [4.78, 5) is 2.54. The second-order valence-corrected chi connectivity index (χ2v) is 5.86. The van der Waals surface area contributed by atoms with Crippen LogP contribution in [0.1, 0.15) is 65.2 Å². The number of unbranched alkanes of at least 4 members (excludes halogenated alkanes) is 4. The quantitative estimate of drug-likeness (QED) is 0.593. The summed E-state index contributed by atoms with van der Waals surface area (Å²) in [6.45, 7) is 5.48. The van der Waals surface area contributed by atoms with Crippen molar-refractivity contribution in [2.75, 3.05) is 13.6 Å². The molecule has 2 atom stereocenters. The van der Waals surface area contributed by atoms with Gasteiger partial charge in [0.1, 0.15) is 0 Å². The van der Waals surface area contributed by atoms with E-state index in [0.717, 1.165) is 12.5 Å². The number of hydrogen-bond acceptors (Lipinski definition) is 2. The van der Waals surface area contributed by atoms with E-state index in [0.29, 0.717) is 12.1 Å². The molecule has 0 aromatic heterocycles. The first-order chi connectivity index (χ1) is 8.20. The van der Waals surface area contributed by atoms with Gasteiger partial charge >= 0.3 is 0 Å². The van der Waals surface area contributed by atoms with E-state index in [4.69, 9.17) is 5.73 Å². The second-order valence-electron chi connectivity index (χ2n) is 5.86. The highest BCUT2D eigenvalue weighted by molar-refractivity contribution is 4.89. The maximum Gasteiger partial charge on any atom is 0.0246 e. The topological polar surface area (TPSA) is 29.3 Å². The van der Waals surface area contributed by atoms with Crippen molar-refractivity contribution in [3.8, 4) is 0 Å². The summed E-state index contributed by atoms with van der Waals surface area (Å²) in [6.07, 6.45) is 11.1. The lowest BCUT2D eigenvalue weighted by atomic mass is 10.0. The molecule has 2 nitrogen and oxygen atoms in total. The molecule has 2 heteroatoms. The Morgan fingerprint density at radius 3 is 2.35 bits per heavy atom. The van der Waals surface area contributed by atoms with Crippen LogP contribution in [0.15, 0.2) is 0 Å². The lowest BCUT2D eigenvalue weighted by molar-refractivity contribution is 0.159. The third kappa shape index (κ3) is 5.39. The first-order valence-electron chi connectivity index (χ1n) is 7.62. The van der Waals surface area contributed by atoms with Crippen molar-refractivity contribution in [2.24, 2.45) is 11.7 Å². The zero-order valence-corrected chi connectivity index (χ0v) is 12.1. The van der Waals surface area contributed by atoms with Gasteiger partial charge in [-0.2, -0.15) is 0 Å². The van der Waals surface area contributed by atoms with E-state index in [1.165, 1.54) is 51.4 Å². The monoisotopic (exact) mass is 240 g/mol. The molecule has 0 amide bonds. The molecule has 2 N–H and O–H groups in total. The Hall–Kier alpha value is -0.0800. The molecule has 1 aliphatic carbocycles. The van der Waals surface area contributed by atoms with Crippen LogP contribution in [0.3, 0.4) is 0 Å². The Labute approximate surface area is 108 Å². The standard InChI is InChI=1S/C15H32N2/c1-4-5-6-7-8-9-13(2)17(3)15(12-16)14-10-11-14/h13-15H,4-12,16H2,1-3H3. The van der Waals surface area contributed by atoms with Crippen LogP contribution >= 0.6 is 0 Å². The molecule has 0 spiro atoms. The lowest BCUT2D eigenvalue weighted by Gasteiger charge is -2.32. The molecule has 17 heavy (non-hydrogen) atoms. The van der Waals surface area contributed by atoms with Crippen molar-refractivity contribution in [1.29, 1.82) is 0 Å². The predicted molar refractivity (Wildman–Crippen MR) is 76.2 cm³/mol. The van der Waals surface area contributed by atoms with Crippen molar-refractivity contribution in [3.05, 3.63) is 0 Å². The minimum absolute atomic E-state index is 0.639. The van der Waals surface area contributed by atoms with Crippen molar-refractivity contribution in [3.63, 3.8) is 0 Å². The molecule has 1 rings (SSSR count). The summed E-state index contributed by atoms with van der Waals surface area (Å²) in [5.41, 5.74) is 5.91. The summed E-state index contributed by atoms with van der Waals surface area (Å²) in [5, 5.41) is 0. The van der Waals surface area contributed by atoms with Gasteiger partial charge in [-0.25, -0.2) is 0 Å². The van der Waals surface area contributed by atoms with Gasteiger partial charge in [0.2, 0.25) is 0 Å². The molecule has 1 saturated carbocycles. The Bertz CT molecular complexity index is 189. The van der Waals surface area contributed by atoms with Crippen LogP contribution in [0.4, 0.5) is 0 Å². The zero-order chi connectivity index (χ0) is 12.7. The van der Waals surface area contributed by atoms with Crippen LogP contribution in [0.25, 0.3) is 0 Å². The van der Waals surface area contributed by atoms with Crippen molar-refractivity contribution in [2.45, 2.75) is 77.3 Å². The summed E-state index contributed by atoms with van der Waals surface area (Å²) in [7, 11) is 2.27. The molecular formula is C15H32N2. The normalized spacial score (nSPS) is 19.6. The summed E-state index contributed by atoms with van der Waals surface area (Å²) in [5.74, 6) is 0.896. The van der Waals surface area contributed by atoms with Gasteiger partial charge in [-0.15, -0.1) is 0 Å². The maximum atomic E-state index is 5.91. The molecule has 102 valence electrons. The van der Waals surface area contributed by atoms with E-state index < -0.39 is 0 Å². The fraction of sp³-hybridized carbons (Fsp3) is 1.00. The highest BCUT2D eigenvalue weighted by Crippen LogP contribution is 2.35. The fourth-order valence-electron chi connectivity index (χ4n) is 2.75. The number of nitrogens with two attached hydrogens (primary N) is 1. The molecule has 0 radical (unpaired) electrons. The summed E-state index contributed by atoms with van der Waals surface area (Å²) < 4.78 is 0. The van der Waals surface area contributed by atoms with Gasteiger partial charge in [-0.05, 0) is 39.2 Å². The number of nitrogens with zero attached hydrogens (tertiary/aromatic N) is 1. The van der Waals surface area contributed by atoms with Gasteiger partial charge in [0, 0.05) is 18.6 Å². The van der Waals surface area contributed by atoms with Crippen LogP contribution in [0.5, 0.6) is 0 Å². The number of hydrogen-bond donors (Lipinski definition) is 1. The van der Waals surface area contributed by atoms with Crippen LogP contribution in [-0.4, -0.2) is 30.6 Å². The van der Waals surface area contributed by atoms with Gasteiger partial charge in [-0.1, -0.05) is 39.0 Å². The fourth-order valence-corrected chi connectivity index (χ4v) is 2.75. The minimum Gasteiger partial charge on any atom is -0.329 e. The van der Waals surface area contributed by atoms with E-state index >= 15 is 0 Å². The Balaban J connectivity index is 2.14. The van der Waals surface area contributed by atoms with E-state index in [1.807, 2.05) is 0 Å². The second kappa shape index (κ2) is 8.10. The average molecular weight is 240 g/mol. The van der Waals surface area contributed by atoms with Crippen LogP contribution in [0.2, 0.25) is 0 Å². The zero-order valence-electron chi connectivity index (χ0n) is 12.1. The predicted octanol–water partition coefficient (Wildman–Crippen LogP) is 3.40. The van der Waals surface area contributed by atoms with E-state index in [2.05, 4.69) is 25.8 Å². The Morgan fingerprint density at radius 1 is 1.18 bits per heavy atom. The van der Waals surface area contributed by atoms with Gasteiger partial charge in [-0.3, -0.25) is 4.90 Å². The molecule has 0 aliphatic heterocycles. The van der Waals surface area contributed by atoms with E-state index in [9.17, 15) is 0 Å². The Kier molecular flexibility index (Phi) is 7.14. The third-order valence-electron chi connectivity index (χ3n) is 4.35. The van der Waals surface area contributed by atoms with Gasteiger partial charge in [0.15, 0.2) is 0 Å². The molecule has 1 aliphatic rings. The maximum absolute atomic E-state index is 5.91. The SMILES string of the molecule is CCCCCCCC(C)N(C)C(CN)C1CC1. The number of likely N-dealkylation sites (N-methyl/N-ethyl adjacent to an activating group) is 1. The molecular weight excluding hydrogens is 208 g/mol. The van der Waals surface area contributed by atoms with Crippen molar-refractivity contribution >= 4 is 0 Å². The van der Waals surface area contributed by atoms with Gasteiger partial charge < -0.3 is 5.73 Å². The van der Waals surface area contributed by atoms with Gasteiger partial charge in [0.05, 0.1) is 0 Å². The lowest BCUT2D eigenvalue weighted by Crippen LogP contribution is -2.44. The molecule has 0 heterocycles. The first-order valence-corrected chi connectivity index (χ1v) is 7.62. The molecule has 0 bridgehead atoms. The van der Waals surface area contributed by atoms with Crippen LogP contribution in [0, 0.1) is 5.92 Å². The first kappa shape index (κ1) is 15.0. The number of rotatable bonds is 10. The van der Waals surface area contributed by atoms with Crippen LogP contribution < -0.4 is 5.73 Å². The van der Waals surface area contributed by atoms with Gasteiger partial charge in [0.25, 0.3) is 0 Å². The van der Waals surface area contributed by atoms with Crippen molar-refractivity contribution in [1.82, 2.24) is 4.90 Å². The highest BCUT2D eigenvalue weighted by Gasteiger charge is 2.34. The van der Waals surface area contributed by atoms with Crippen LogP contribution in [-0.2, 0) is 0 Å². The molecule has 0 aromatic carbocycles. The van der Waals surface area contributed by atoms with E-state index in [1.54, 1.807) is 0 Å². The molecule has 0 aromatic rings. The summed E-state index contributed by atoms with van der Waals surface area (Å²) in [6, 6.07) is 1.34. The molecule has 2 unspecified atom stereocenters. The molecule has 1 fully saturated rings.